The Morgan fingerprint density at radius 3 is 2.64 bits per heavy atom. The van der Waals surface area contributed by atoms with E-state index in [0.29, 0.717) is 16.6 Å². The standard InChI is InChI=1S/C18H27ClN4OS/c1-3-5-6-17(24)21-18(25)20-14-7-8-16(15(19)13-14)23-11-9-22(4-2)10-12-23/h7-8,13H,3-6,9-12H2,1-2H3,(H2,20,21,24,25)/p+1. The van der Waals surface area contributed by atoms with E-state index >= 15 is 0 Å². The molecule has 1 saturated heterocycles. The lowest BCUT2D eigenvalue weighted by molar-refractivity contribution is -0.898. The molecule has 5 nitrogen and oxygen atoms in total. The molecule has 2 rings (SSSR count). The molecule has 1 aliphatic rings. The van der Waals surface area contributed by atoms with E-state index in [1.54, 1.807) is 4.90 Å². The predicted molar refractivity (Wildman–Crippen MR) is 109 cm³/mol. The number of carbonyl (C=O) groups excluding carboxylic acids is 1. The average molecular weight is 384 g/mol. The van der Waals surface area contributed by atoms with Gasteiger partial charge in [0, 0.05) is 12.1 Å². The Labute approximate surface area is 160 Å². The number of halogens is 1. The van der Waals surface area contributed by atoms with Crippen molar-refractivity contribution in [1.82, 2.24) is 5.32 Å². The number of nitrogens with zero attached hydrogens (tertiary/aromatic N) is 1. The number of unbranched alkanes of at least 4 members (excludes halogenated alkanes) is 1. The molecule has 1 heterocycles. The van der Waals surface area contributed by atoms with Crippen LogP contribution in [-0.2, 0) is 4.79 Å². The topological polar surface area (TPSA) is 48.8 Å². The summed E-state index contributed by atoms with van der Waals surface area (Å²) in [5, 5.41) is 6.74. The lowest BCUT2D eigenvalue weighted by atomic mass is 10.2. The summed E-state index contributed by atoms with van der Waals surface area (Å²) in [5.41, 5.74) is 1.84. The van der Waals surface area contributed by atoms with Gasteiger partial charge in [0.2, 0.25) is 5.91 Å². The Kier molecular flexibility index (Phi) is 7.93. The van der Waals surface area contributed by atoms with Crippen LogP contribution < -0.4 is 20.4 Å². The molecule has 0 bridgehead atoms. The number of quaternary nitrogens is 1. The summed E-state index contributed by atoms with van der Waals surface area (Å²) < 4.78 is 0. The van der Waals surface area contributed by atoms with Gasteiger partial charge in [0.1, 0.15) is 0 Å². The Hall–Kier alpha value is -1.37. The van der Waals surface area contributed by atoms with Crippen LogP contribution in [0.1, 0.15) is 33.1 Å². The number of benzene rings is 1. The molecule has 1 fully saturated rings. The molecule has 0 atom stereocenters. The largest absolute Gasteiger partial charge is 0.359 e. The summed E-state index contributed by atoms with van der Waals surface area (Å²) in [6.07, 6.45) is 2.34. The van der Waals surface area contributed by atoms with Crippen LogP contribution in [0.2, 0.25) is 5.02 Å². The lowest BCUT2D eigenvalue weighted by Crippen LogP contribution is -3.14. The van der Waals surface area contributed by atoms with Crippen LogP contribution in [0.15, 0.2) is 18.2 Å². The van der Waals surface area contributed by atoms with E-state index in [9.17, 15) is 4.79 Å². The number of anilines is 2. The number of hydrogen-bond acceptors (Lipinski definition) is 3. The zero-order valence-corrected chi connectivity index (χ0v) is 16.6. The first-order valence-electron chi connectivity index (χ1n) is 9.02. The first-order chi connectivity index (χ1) is 12.0. The SMILES string of the molecule is CCCCC(=O)NC(=S)Nc1ccc(N2CC[NH+](CC)CC2)c(Cl)c1. The van der Waals surface area contributed by atoms with Crippen molar-refractivity contribution in [1.29, 1.82) is 0 Å². The molecule has 25 heavy (non-hydrogen) atoms. The summed E-state index contributed by atoms with van der Waals surface area (Å²) in [7, 11) is 0. The number of nitrogens with one attached hydrogen (secondary N) is 3. The Morgan fingerprint density at radius 2 is 2.04 bits per heavy atom. The molecule has 138 valence electrons. The Bertz CT molecular complexity index is 603. The fourth-order valence-corrected chi connectivity index (χ4v) is 3.48. The van der Waals surface area contributed by atoms with Crippen molar-refractivity contribution < 1.29 is 9.69 Å². The van der Waals surface area contributed by atoms with Gasteiger partial charge in [-0.05, 0) is 43.8 Å². The van der Waals surface area contributed by atoms with Gasteiger partial charge in [-0.25, -0.2) is 0 Å². The third-order valence-corrected chi connectivity index (χ3v) is 5.03. The molecule has 1 amide bonds. The summed E-state index contributed by atoms with van der Waals surface area (Å²) in [5.74, 6) is -0.0571. The van der Waals surface area contributed by atoms with Gasteiger partial charge in [-0.3, -0.25) is 4.79 Å². The van der Waals surface area contributed by atoms with E-state index in [2.05, 4.69) is 29.4 Å². The highest BCUT2D eigenvalue weighted by Gasteiger charge is 2.20. The molecule has 0 aromatic heterocycles. The summed E-state index contributed by atoms with van der Waals surface area (Å²) in [6.45, 7) is 9.76. The number of thiocarbonyl (C=S) groups is 1. The van der Waals surface area contributed by atoms with Crippen molar-refractivity contribution in [3.8, 4) is 0 Å². The molecule has 1 aromatic rings. The van der Waals surface area contributed by atoms with Crippen LogP contribution in [-0.4, -0.2) is 43.7 Å². The summed E-state index contributed by atoms with van der Waals surface area (Å²) in [4.78, 5) is 15.7. The monoisotopic (exact) mass is 383 g/mol. The Balaban J connectivity index is 1.91. The molecule has 3 N–H and O–H groups in total. The average Bonchev–Trinajstić information content (AvgIpc) is 2.60. The number of likely N-dealkylation sites (N-methyl/N-ethyl adjacent to an activating group) is 1. The highest BCUT2D eigenvalue weighted by atomic mass is 35.5. The van der Waals surface area contributed by atoms with Gasteiger partial charge in [0.25, 0.3) is 0 Å². The van der Waals surface area contributed by atoms with E-state index in [1.807, 2.05) is 18.2 Å². The van der Waals surface area contributed by atoms with E-state index in [4.69, 9.17) is 23.8 Å². The molecule has 0 radical (unpaired) electrons. The van der Waals surface area contributed by atoms with Crippen LogP contribution >= 0.6 is 23.8 Å². The fraction of sp³-hybridized carbons (Fsp3) is 0.556. The molecule has 0 aliphatic carbocycles. The van der Waals surface area contributed by atoms with Crippen LogP contribution in [0.25, 0.3) is 0 Å². The van der Waals surface area contributed by atoms with Crippen LogP contribution in [0.4, 0.5) is 11.4 Å². The van der Waals surface area contributed by atoms with Gasteiger partial charge < -0.3 is 20.4 Å². The molecule has 0 spiro atoms. The van der Waals surface area contributed by atoms with Crippen molar-refractivity contribution in [2.45, 2.75) is 33.1 Å². The molecular weight excluding hydrogens is 356 g/mol. The van der Waals surface area contributed by atoms with Crippen LogP contribution in [0.5, 0.6) is 0 Å². The van der Waals surface area contributed by atoms with Crippen LogP contribution in [0, 0.1) is 0 Å². The summed E-state index contributed by atoms with van der Waals surface area (Å²) >= 11 is 11.7. The smallest absolute Gasteiger partial charge is 0.226 e. The number of hydrogen-bond donors (Lipinski definition) is 3. The second kappa shape index (κ2) is 9.94. The molecule has 7 heteroatoms. The lowest BCUT2D eigenvalue weighted by Gasteiger charge is -2.33. The van der Waals surface area contributed by atoms with Crippen molar-refractivity contribution in [2.24, 2.45) is 0 Å². The van der Waals surface area contributed by atoms with E-state index in [0.717, 1.165) is 50.4 Å². The van der Waals surface area contributed by atoms with Crippen molar-refractivity contribution in [3.63, 3.8) is 0 Å². The minimum Gasteiger partial charge on any atom is -0.359 e. The van der Waals surface area contributed by atoms with Crippen molar-refractivity contribution >= 4 is 46.2 Å². The maximum atomic E-state index is 11.7. The normalized spacial score (nSPS) is 15.1. The summed E-state index contributed by atoms with van der Waals surface area (Å²) in [6, 6.07) is 5.83. The van der Waals surface area contributed by atoms with Crippen molar-refractivity contribution in [3.05, 3.63) is 23.2 Å². The quantitative estimate of drug-likeness (QED) is 0.658. The zero-order chi connectivity index (χ0) is 18.2. The molecule has 1 aromatic carbocycles. The number of carbonyl (C=O) groups is 1. The van der Waals surface area contributed by atoms with Gasteiger partial charge in [0.15, 0.2) is 5.11 Å². The number of piperazine rings is 1. The van der Waals surface area contributed by atoms with Crippen LogP contribution in [0.3, 0.4) is 0 Å². The Morgan fingerprint density at radius 1 is 1.32 bits per heavy atom. The first-order valence-corrected chi connectivity index (χ1v) is 9.81. The molecule has 1 aliphatic heterocycles. The van der Waals surface area contributed by atoms with E-state index in [-0.39, 0.29) is 5.91 Å². The van der Waals surface area contributed by atoms with Gasteiger partial charge in [-0.2, -0.15) is 0 Å². The number of rotatable bonds is 6. The second-order valence-corrected chi connectivity index (χ2v) is 7.18. The van der Waals surface area contributed by atoms with Gasteiger partial charge in [0.05, 0.1) is 43.4 Å². The first kappa shape index (κ1) is 19.9. The second-order valence-electron chi connectivity index (χ2n) is 6.36. The van der Waals surface area contributed by atoms with Gasteiger partial charge >= 0.3 is 0 Å². The van der Waals surface area contributed by atoms with Gasteiger partial charge in [-0.15, -0.1) is 0 Å². The molecule has 0 unspecified atom stereocenters. The van der Waals surface area contributed by atoms with E-state index < -0.39 is 0 Å². The maximum absolute atomic E-state index is 11.7. The van der Waals surface area contributed by atoms with Crippen molar-refractivity contribution in [2.75, 3.05) is 42.9 Å². The maximum Gasteiger partial charge on any atom is 0.226 e. The number of amides is 1. The third-order valence-electron chi connectivity index (χ3n) is 4.53. The predicted octanol–water partition coefficient (Wildman–Crippen LogP) is 2.07. The minimum atomic E-state index is -0.0571. The highest BCUT2D eigenvalue weighted by Crippen LogP contribution is 2.28. The molecule has 0 saturated carbocycles. The third kappa shape index (κ3) is 6.13. The highest BCUT2D eigenvalue weighted by molar-refractivity contribution is 7.80. The molecular formula is C18H28ClN4OS+. The zero-order valence-electron chi connectivity index (χ0n) is 15.0. The van der Waals surface area contributed by atoms with E-state index in [1.165, 1.54) is 6.54 Å². The fourth-order valence-electron chi connectivity index (χ4n) is 2.95. The van der Waals surface area contributed by atoms with Gasteiger partial charge in [-0.1, -0.05) is 24.9 Å². The minimum absolute atomic E-state index is 0.0571.